The molecule has 0 amide bonds. The lowest BCUT2D eigenvalue weighted by atomic mass is 10.3. The van der Waals surface area contributed by atoms with E-state index >= 15 is 0 Å². The second-order valence-corrected chi connectivity index (χ2v) is 5.38. The molecule has 1 aromatic rings. The van der Waals surface area contributed by atoms with Gasteiger partial charge in [-0.05, 0) is 31.0 Å². The second-order valence-electron chi connectivity index (χ2n) is 3.92. The summed E-state index contributed by atoms with van der Waals surface area (Å²) in [4.78, 5) is 12.0. The molecule has 0 atom stereocenters. The van der Waals surface area contributed by atoms with Crippen molar-refractivity contribution in [1.82, 2.24) is 0 Å². The zero-order chi connectivity index (χ0) is 12.5. The molecule has 0 aromatic heterocycles. The highest BCUT2D eigenvalue weighted by atomic mass is 32.2. The number of ether oxygens (including phenoxy) is 2. The summed E-state index contributed by atoms with van der Waals surface area (Å²) in [6, 6.07) is 5.46. The van der Waals surface area contributed by atoms with Gasteiger partial charge in [-0.3, -0.25) is 4.79 Å². The maximum Gasteiger partial charge on any atom is 0.320 e. The molecule has 17 heavy (non-hydrogen) atoms. The van der Waals surface area contributed by atoms with Crippen LogP contribution in [0.4, 0.5) is 0 Å². The first-order chi connectivity index (χ1) is 8.11. The van der Waals surface area contributed by atoms with Crippen molar-refractivity contribution in [2.24, 2.45) is 0 Å². The zero-order valence-corrected chi connectivity index (χ0v) is 10.5. The van der Waals surface area contributed by atoms with Crippen molar-refractivity contribution in [3.63, 3.8) is 0 Å². The van der Waals surface area contributed by atoms with Crippen LogP contribution in [0.2, 0.25) is 0 Å². The predicted octanol–water partition coefficient (Wildman–Crippen LogP) is 2.41. The molecule has 0 unspecified atom stereocenters. The summed E-state index contributed by atoms with van der Waals surface area (Å²) in [5, 5.41) is 9.12. The summed E-state index contributed by atoms with van der Waals surface area (Å²) in [5.41, 5.74) is 0. The summed E-state index contributed by atoms with van der Waals surface area (Å²) in [5.74, 6) is 0.535. The molecule has 0 saturated heterocycles. The third kappa shape index (κ3) is 2.34. The Hall–Kier alpha value is -1.36. The molecule has 0 aliphatic heterocycles. The van der Waals surface area contributed by atoms with Crippen molar-refractivity contribution in [2.75, 3.05) is 14.2 Å². The number of carboxylic acid groups (broad SMARTS) is 1. The Kier molecular flexibility index (Phi) is 3.19. The molecule has 1 aliphatic carbocycles. The zero-order valence-electron chi connectivity index (χ0n) is 9.73. The van der Waals surface area contributed by atoms with E-state index in [9.17, 15) is 4.79 Å². The van der Waals surface area contributed by atoms with E-state index in [1.54, 1.807) is 20.3 Å². The largest absolute Gasteiger partial charge is 0.493 e. The standard InChI is InChI=1S/C12H14O4S/c1-15-9-4-3-8(7-10(9)16-2)17-12(5-6-12)11(13)14/h3-4,7H,5-6H2,1-2H3,(H,13,14). The minimum atomic E-state index is -0.739. The smallest absolute Gasteiger partial charge is 0.320 e. The van der Waals surface area contributed by atoms with Crippen LogP contribution in [-0.4, -0.2) is 30.0 Å². The Morgan fingerprint density at radius 1 is 1.29 bits per heavy atom. The van der Waals surface area contributed by atoms with E-state index < -0.39 is 10.7 Å². The molecule has 1 fully saturated rings. The van der Waals surface area contributed by atoms with Crippen molar-refractivity contribution >= 4 is 17.7 Å². The maximum atomic E-state index is 11.1. The maximum absolute atomic E-state index is 11.1. The van der Waals surface area contributed by atoms with Crippen LogP contribution in [0.25, 0.3) is 0 Å². The van der Waals surface area contributed by atoms with Crippen molar-refractivity contribution in [3.05, 3.63) is 18.2 Å². The minimum Gasteiger partial charge on any atom is -0.493 e. The molecule has 2 rings (SSSR count). The molecular formula is C12H14O4S. The summed E-state index contributed by atoms with van der Waals surface area (Å²) >= 11 is 1.38. The molecule has 0 heterocycles. The van der Waals surface area contributed by atoms with Gasteiger partial charge < -0.3 is 14.6 Å². The number of hydrogen-bond acceptors (Lipinski definition) is 4. The topological polar surface area (TPSA) is 55.8 Å². The molecule has 1 aromatic carbocycles. The monoisotopic (exact) mass is 254 g/mol. The van der Waals surface area contributed by atoms with Gasteiger partial charge in [-0.2, -0.15) is 0 Å². The number of benzene rings is 1. The first kappa shape index (κ1) is 12.1. The van der Waals surface area contributed by atoms with Crippen molar-refractivity contribution < 1.29 is 19.4 Å². The van der Waals surface area contributed by atoms with E-state index in [1.165, 1.54) is 11.8 Å². The fraction of sp³-hybridized carbons (Fsp3) is 0.417. The van der Waals surface area contributed by atoms with Crippen LogP contribution in [0, 0.1) is 0 Å². The average Bonchev–Trinajstić information content (AvgIpc) is 3.10. The second kappa shape index (κ2) is 4.49. The van der Waals surface area contributed by atoms with Gasteiger partial charge in [0, 0.05) is 4.90 Å². The van der Waals surface area contributed by atoms with Crippen molar-refractivity contribution in [3.8, 4) is 11.5 Å². The lowest BCUT2D eigenvalue weighted by Gasteiger charge is -2.12. The first-order valence-corrected chi connectivity index (χ1v) is 6.07. The molecule has 92 valence electrons. The predicted molar refractivity (Wildman–Crippen MR) is 65.0 cm³/mol. The summed E-state index contributed by atoms with van der Waals surface area (Å²) < 4.78 is 9.69. The number of carboxylic acids is 1. The Balaban J connectivity index is 2.20. The number of methoxy groups -OCH3 is 2. The van der Waals surface area contributed by atoms with Gasteiger partial charge in [-0.1, -0.05) is 0 Å². The van der Waals surface area contributed by atoms with Gasteiger partial charge in [0.15, 0.2) is 11.5 Å². The van der Waals surface area contributed by atoms with E-state index in [2.05, 4.69) is 0 Å². The highest BCUT2D eigenvalue weighted by molar-refractivity contribution is 8.01. The van der Waals surface area contributed by atoms with E-state index in [0.717, 1.165) is 17.7 Å². The minimum absolute atomic E-state index is 0.624. The number of rotatable bonds is 5. The van der Waals surface area contributed by atoms with E-state index in [4.69, 9.17) is 14.6 Å². The molecule has 0 bridgehead atoms. The van der Waals surface area contributed by atoms with Crippen LogP contribution in [0.3, 0.4) is 0 Å². The fourth-order valence-corrected chi connectivity index (χ4v) is 2.73. The van der Waals surface area contributed by atoms with Gasteiger partial charge in [0.1, 0.15) is 4.75 Å². The van der Waals surface area contributed by atoms with Gasteiger partial charge in [0.2, 0.25) is 0 Å². The average molecular weight is 254 g/mol. The third-order valence-electron chi connectivity index (χ3n) is 2.76. The summed E-state index contributed by atoms with van der Waals surface area (Å²) in [6.07, 6.45) is 1.45. The van der Waals surface area contributed by atoms with Gasteiger partial charge >= 0.3 is 5.97 Å². The van der Waals surface area contributed by atoms with Gasteiger partial charge in [0.25, 0.3) is 0 Å². The van der Waals surface area contributed by atoms with E-state index in [1.807, 2.05) is 12.1 Å². The molecule has 1 N–H and O–H groups in total. The lowest BCUT2D eigenvalue weighted by Crippen LogP contribution is -2.17. The van der Waals surface area contributed by atoms with Crippen LogP contribution < -0.4 is 9.47 Å². The molecule has 1 saturated carbocycles. The van der Waals surface area contributed by atoms with Crippen LogP contribution in [0.1, 0.15) is 12.8 Å². The first-order valence-electron chi connectivity index (χ1n) is 5.26. The third-order valence-corrected chi connectivity index (χ3v) is 4.23. The Bertz CT molecular complexity index is 440. The quantitative estimate of drug-likeness (QED) is 0.874. The van der Waals surface area contributed by atoms with E-state index in [-0.39, 0.29) is 0 Å². The number of carbonyl (C=O) groups is 1. The highest BCUT2D eigenvalue weighted by Gasteiger charge is 2.51. The lowest BCUT2D eigenvalue weighted by molar-refractivity contribution is -0.137. The normalized spacial score (nSPS) is 16.4. The molecular weight excluding hydrogens is 240 g/mol. The molecule has 1 aliphatic rings. The molecule has 4 nitrogen and oxygen atoms in total. The number of aliphatic carboxylic acids is 1. The SMILES string of the molecule is COc1ccc(SC2(C(=O)O)CC2)cc1OC. The molecule has 5 heteroatoms. The summed E-state index contributed by atoms with van der Waals surface area (Å²) in [6.45, 7) is 0. The summed E-state index contributed by atoms with van der Waals surface area (Å²) in [7, 11) is 3.14. The highest BCUT2D eigenvalue weighted by Crippen LogP contribution is 2.52. The molecule has 0 radical (unpaired) electrons. The van der Waals surface area contributed by atoms with Crippen LogP contribution in [0.5, 0.6) is 11.5 Å². The Morgan fingerprint density at radius 3 is 2.41 bits per heavy atom. The van der Waals surface area contributed by atoms with E-state index in [0.29, 0.717) is 11.5 Å². The molecule has 0 spiro atoms. The van der Waals surface area contributed by atoms with Crippen molar-refractivity contribution in [2.45, 2.75) is 22.5 Å². The Morgan fingerprint density at radius 2 is 1.94 bits per heavy atom. The van der Waals surface area contributed by atoms with Gasteiger partial charge in [0.05, 0.1) is 14.2 Å². The van der Waals surface area contributed by atoms with Gasteiger partial charge in [-0.15, -0.1) is 11.8 Å². The number of hydrogen-bond donors (Lipinski definition) is 1. The Labute approximate surface area is 104 Å². The van der Waals surface area contributed by atoms with Crippen molar-refractivity contribution in [1.29, 1.82) is 0 Å². The van der Waals surface area contributed by atoms with Crippen LogP contribution >= 0.6 is 11.8 Å². The van der Waals surface area contributed by atoms with Crippen LogP contribution in [0.15, 0.2) is 23.1 Å². The van der Waals surface area contributed by atoms with Gasteiger partial charge in [-0.25, -0.2) is 0 Å². The van der Waals surface area contributed by atoms with Crippen LogP contribution in [-0.2, 0) is 4.79 Å². The number of thioether (sulfide) groups is 1. The fourth-order valence-electron chi connectivity index (χ4n) is 1.58.